The Morgan fingerprint density at radius 3 is 1.20 bits per heavy atom. The van der Waals surface area contributed by atoms with E-state index in [1.54, 1.807) is 0 Å². The average Bonchev–Trinajstić information content (AvgIpc) is 2.92. The van der Waals surface area contributed by atoms with Gasteiger partial charge in [-0.25, -0.2) is 4.79 Å². The van der Waals surface area contributed by atoms with Gasteiger partial charge in [-0.1, -0.05) is 26.2 Å². The third-order valence-electron chi connectivity index (χ3n) is 4.97. The second kappa shape index (κ2) is 30.1. The van der Waals surface area contributed by atoms with Gasteiger partial charge in [0.15, 0.2) is 0 Å². The molecule has 0 aliphatic rings. The molecule has 0 spiro atoms. The predicted molar refractivity (Wildman–Crippen MR) is 152 cm³/mol. The Hall–Kier alpha value is -1.38. The van der Waals surface area contributed by atoms with E-state index >= 15 is 0 Å². The first-order chi connectivity index (χ1) is 19.8. The minimum Gasteiger partial charge on any atom is -0.463 e. The largest absolute Gasteiger partial charge is 0.463 e. The summed E-state index contributed by atoms with van der Waals surface area (Å²) in [6.07, 6.45) is 4.75. The van der Waals surface area contributed by atoms with Gasteiger partial charge in [0.05, 0.1) is 99.1 Å². The molecule has 12 heteroatoms. The molecule has 0 aromatic rings. The Labute approximate surface area is 246 Å². The van der Waals surface area contributed by atoms with E-state index in [2.05, 4.69) is 6.92 Å². The molecule has 244 valence electrons. The van der Waals surface area contributed by atoms with Crippen LogP contribution in [0.15, 0.2) is 0 Å². The number of hydrogen-bond acceptors (Lipinski definition) is 12. The van der Waals surface area contributed by atoms with Crippen molar-refractivity contribution < 1.29 is 57.0 Å². The standard InChI is InChI=1S/C29H56O12/c1-5-6-7-8-9-27(30)40-25-24-38-21-20-36-17-16-34-13-12-32-10-11-33-14-15-35-18-19-37-22-23-39-26-28(31)41-29(2,3)4/h5-26H2,1-4H3. The summed E-state index contributed by atoms with van der Waals surface area (Å²) in [5.74, 6) is -0.544. The third kappa shape index (κ3) is 34.7. The van der Waals surface area contributed by atoms with Crippen molar-refractivity contribution in [3.05, 3.63) is 0 Å². The maximum atomic E-state index is 11.5. The normalized spacial score (nSPS) is 11.6. The van der Waals surface area contributed by atoms with Crippen LogP contribution in [0.5, 0.6) is 0 Å². The molecule has 0 aromatic heterocycles. The lowest BCUT2D eigenvalue weighted by Crippen LogP contribution is -2.27. The minimum absolute atomic E-state index is 0.0837. The summed E-state index contributed by atoms with van der Waals surface area (Å²) >= 11 is 0. The maximum absolute atomic E-state index is 11.5. The van der Waals surface area contributed by atoms with Crippen LogP contribution in [0, 0.1) is 0 Å². The quantitative estimate of drug-likeness (QED) is 0.0862. The van der Waals surface area contributed by atoms with Crippen molar-refractivity contribution in [1.29, 1.82) is 0 Å². The van der Waals surface area contributed by atoms with E-state index in [1.165, 1.54) is 0 Å². The van der Waals surface area contributed by atoms with Crippen molar-refractivity contribution in [3.63, 3.8) is 0 Å². The van der Waals surface area contributed by atoms with Crippen LogP contribution in [0.3, 0.4) is 0 Å². The van der Waals surface area contributed by atoms with Gasteiger partial charge in [-0.3, -0.25) is 4.79 Å². The molecular weight excluding hydrogens is 540 g/mol. The molecule has 41 heavy (non-hydrogen) atoms. The molecule has 0 atom stereocenters. The number of carbonyl (C=O) groups is 2. The fourth-order valence-corrected chi connectivity index (χ4v) is 3.05. The first-order valence-electron chi connectivity index (χ1n) is 14.8. The molecule has 0 bridgehead atoms. The molecule has 0 aliphatic heterocycles. The van der Waals surface area contributed by atoms with Crippen LogP contribution >= 0.6 is 0 Å². The average molecular weight is 597 g/mol. The highest BCUT2D eigenvalue weighted by atomic mass is 16.6. The van der Waals surface area contributed by atoms with Gasteiger partial charge in [-0.05, 0) is 27.2 Å². The second-order valence-electron chi connectivity index (χ2n) is 9.96. The van der Waals surface area contributed by atoms with E-state index in [0.717, 1.165) is 25.7 Å². The van der Waals surface area contributed by atoms with Crippen LogP contribution in [-0.4, -0.2) is 130 Å². The molecule has 0 saturated heterocycles. The zero-order valence-corrected chi connectivity index (χ0v) is 26.0. The Kier molecular flexibility index (Phi) is 29.1. The highest BCUT2D eigenvalue weighted by molar-refractivity contribution is 5.71. The van der Waals surface area contributed by atoms with Gasteiger partial charge in [0, 0.05) is 6.42 Å². The zero-order chi connectivity index (χ0) is 30.3. The lowest BCUT2D eigenvalue weighted by Gasteiger charge is -2.19. The van der Waals surface area contributed by atoms with E-state index in [0.29, 0.717) is 106 Å². The SMILES string of the molecule is CCCCCCC(=O)OCCOCCOCCOCCOCCOCCOCCOCCOCC(=O)OC(C)(C)C. The van der Waals surface area contributed by atoms with Crippen LogP contribution in [0.2, 0.25) is 0 Å². The Morgan fingerprint density at radius 1 is 0.463 bits per heavy atom. The minimum atomic E-state index is -0.510. The summed E-state index contributed by atoms with van der Waals surface area (Å²) in [7, 11) is 0. The summed E-state index contributed by atoms with van der Waals surface area (Å²) in [4.78, 5) is 23.0. The van der Waals surface area contributed by atoms with Gasteiger partial charge in [0.1, 0.15) is 18.8 Å². The van der Waals surface area contributed by atoms with Crippen molar-refractivity contribution in [2.75, 3.05) is 112 Å². The molecule has 12 nitrogen and oxygen atoms in total. The fraction of sp³-hybridized carbons (Fsp3) is 0.931. The van der Waals surface area contributed by atoms with Crippen molar-refractivity contribution in [2.24, 2.45) is 0 Å². The predicted octanol–water partition coefficient (Wildman–Crippen LogP) is 2.97. The zero-order valence-electron chi connectivity index (χ0n) is 26.0. The Morgan fingerprint density at radius 2 is 0.829 bits per heavy atom. The monoisotopic (exact) mass is 596 g/mol. The molecule has 0 amide bonds. The van der Waals surface area contributed by atoms with Crippen molar-refractivity contribution in [3.8, 4) is 0 Å². The fourth-order valence-electron chi connectivity index (χ4n) is 3.05. The van der Waals surface area contributed by atoms with Gasteiger partial charge in [0.25, 0.3) is 0 Å². The molecule has 0 saturated carbocycles. The molecule has 0 N–H and O–H groups in total. The second-order valence-corrected chi connectivity index (χ2v) is 9.96. The maximum Gasteiger partial charge on any atom is 0.332 e. The smallest absolute Gasteiger partial charge is 0.332 e. The summed E-state index contributed by atoms with van der Waals surface area (Å²) in [6, 6.07) is 0. The summed E-state index contributed by atoms with van der Waals surface area (Å²) in [5.41, 5.74) is -0.510. The highest BCUT2D eigenvalue weighted by Crippen LogP contribution is 2.06. The van der Waals surface area contributed by atoms with Gasteiger partial charge in [-0.2, -0.15) is 0 Å². The molecule has 0 aliphatic carbocycles. The van der Waals surface area contributed by atoms with E-state index in [9.17, 15) is 9.59 Å². The van der Waals surface area contributed by atoms with E-state index in [1.807, 2.05) is 20.8 Å². The molecule has 0 radical (unpaired) electrons. The van der Waals surface area contributed by atoms with E-state index in [-0.39, 0.29) is 25.2 Å². The van der Waals surface area contributed by atoms with Crippen LogP contribution in [0.4, 0.5) is 0 Å². The summed E-state index contributed by atoms with van der Waals surface area (Å²) in [6.45, 7) is 14.5. The number of esters is 2. The molecule has 0 heterocycles. The summed E-state index contributed by atoms with van der Waals surface area (Å²) < 4.78 is 53.4. The van der Waals surface area contributed by atoms with Gasteiger partial charge >= 0.3 is 11.9 Å². The van der Waals surface area contributed by atoms with Crippen molar-refractivity contribution in [1.82, 2.24) is 0 Å². The summed E-state index contributed by atoms with van der Waals surface area (Å²) in [5, 5.41) is 0. The lowest BCUT2D eigenvalue weighted by molar-refractivity contribution is -0.160. The number of hydrogen-bond donors (Lipinski definition) is 0. The Bertz CT molecular complexity index is 583. The number of ether oxygens (including phenoxy) is 10. The van der Waals surface area contributed by atoms with Crippen LogP contribution in [-0.2, 0) is 57.0 Å². The van der Waals surface area contributed by atoms with Crippen LogP contribution in [0.1, 0.15) is 59.8 Å². The highest BCUT2D eigenvalue weighted by Gasteiger charge is 2.15. The lowest BCUT2D eigenvalue weighted by atomic mass is 10.2. The van der Waals surface area contributed by atoms with Crippen molar-refractivity contribution >= 4 is 11.9 Å². The molecule has 0 rings (SSSR count). The number of unbranched alkanes of at least 4 members (excludes halogenated alkanes) is 3. The molecule has 0 aromatic carbocycles. The van der Waals surface area contributed by atoms with Crippen molar-refractivity contribution in [2.45, 2.75) is 65.4 Å². The Balaban J connectivity index is 3.14. The van der Waals surface area contributed by atoms with Gasteiger partial charge in [-0.15, -0.1) is 0 Å². The van der Waals surface area contributed by atoms with Gasteiger partial charge in [0.2, 0.25) is 0 Å². The van der Waals surface area contributed by atoms with Crippen LogP contribution in [0.25, 0.3) is 0 Å². The van der Waals surface area contributed by atoms with E-state index < -0.39 is 5.60 Å². The first kappa shape index (κ1) is 39.6. The van der Waals surface area contributed by atoms with Crippen LogP contribution < -0.4 is 0 Å². The molecular formula is C29H56O12. The number of carbonyl (C=O) groups excluding carboxylic acids is 2. The molecule has 0 unspecified atom stereocenters. The first-order valence-corrected chi connectivity index (χ1v) is 14.8. The van der Waals surface area contributed by atoms with Gasteiger partial charge < -0.3 is 47.4 Å². The third-order valence-corrected chi connectivity index (χ3v) is 4.97. The molecule has 0 fully saturated rings. The number of rotatable bonds is 31. The van der Waals surface area contributed by atoms with E-state index in [4.69, 9.17) is 47.4 Å². The topological polar surface area (TPSA) is 126 Å².